The highest BCUT2D eigenvalue weighted by Crippen LogP contribution is 2.22. The van der Waals surface area contributed by atoms with Crippen molar-refractivity contribution in [2.75, 3.05) is 0 Å². The van der Waals surface area contributed by atoms with Crippen LogP contribution in [0.3, 0.4) is 0 Å². The molecule has 0 fully saturated rings. The Balaban J connectivity index is 3.14. The fraction of sp³-hybridized carbons (Fsp3) is 0.500. The van der Waals surface area contributed by atoms with Crippen molar-refractivity contribution in [1.29, 1.82) is 0 Å². The van der Waals surface area contributed by atoms with Crippen molar-refractivity contribution in [3.63, 3.8) is 0 Å². The summed E-state index contributed by atoms with van der Waals surface area (Å²) in [6.45, 7) is 3.15. The largest absolute Gasteiger partial charge is 0.479 e. The Labute approximate surface area is 85.5 Å². The number of nitrogens with zero attached hydrogens (tertiary/aromatic N) is 3. The highest BCUT2D eigenvalue weighted by atomic mass is 16.6. The molecule has 1 heterocycles. The van der Waals surface area contributed by atoms with Gasteiger partial charge in [-0.1, -0.05) is 6.92 Å². The SMILES string of the molecule is CCC(C)(C(=O)O)n1cc([N+](=O)[O-])cn1. The monoisotopic (exact) mass is 213 g/mol. The van der Waals surface area contributed by atoms with E-state index in [0.717, 1.165) is 17.1 Å². The van der Waals surface area contributed by atoms with Crippen molar-refractivity contribution >= 4 is 11.7 Å². The molecule has 0 aliphatic carbocycles. The summed E-state index contributed by atoms with van der Waals surface area (Å²) in [7, 11) is 0. The van der Waals surface area contributed by atoms with E-state index in [0.29, 0.717) is 6.42 Å². The highest BCUT2D eigenvalue weighted by molar-refractivity contribution is 5.76. The van der Waals surface area contributed by atoms with Gasteiger partial charge < -0.3 is 5.11 Å². The van der Waals surface area contributed by atoms with Gasteiger partial charge in [0.1, 0.15) is 12.4 Å². The van der Waals surface area contributed by atoms with E-state index >= 15 is 0 Å². The van der Waals surface area contributed by atoms with Crippen molar-refractivity contribution in [1.82, 2.24) is 9.78 Å². The zero-order valence-corrected chi connectivity index (χ0v) is 8.38. The fourth-order valence-electron chi connectivity index (χ4n) is 1.09. The van der Waals surface area contributed by atoms with Crippen LogP contribution in [0.5, 0.6) is 0 Å². The van der Waals surface area contributed by atoms with Gasteiger partial charge >= 0.3 is 11.7 Å². The Morgan fingerprint density at radius 2 is 2.40 bits per heavy atom. The van der Waals surface area contributed by atoms with Crippen LogP contribution in [0, 0.1) is 10.1 Å². The second kappa shape index (κ2) is 3.68. The third kappa shape index (κ3) is 1.80. The van der Waals surface area contributed by atoms with E-state index in [4.69, 9.17) is 5.11 Å². The van der Waals surface area contributed by atoms with Crippen LogP contribution in [0.4, 0.5) is 5.69 Å². The van der Waals surface area contributed by atoms with Crippen LogP contribution in [0.1, 0.15) is 20.3 Å². The average Bonchev–Trinajstić information content (AvgIpc) is 2.65. The third-order valence-electron chi connectivity index (χ3n) is 2.43. The molecule has 0 saturated carbocycles. The lowest BCUT2D eigenvalue weighted by atomic mass is 10.00. The maximum Gasteiger partial charge on any atom is 0.331 e. The molecule has 15 heavy (non-hydrogen) atoms. The predicted molar refractivity (Wildman–Crippen MR) is 50.5 cm³/mol. The second-order valence-electron chi connectivity index (χ2n) is 3.33. The number of hydrogen-bond acceptors (Lipinski definition) is 4. The first-order chi connectivity index (χ1) is 6.91. The molecule has 1 rings (SSSR count). The van der Waals surface area contributed by atoms with Crippen molar-refractivity contribution in [3.05, 3.63) is 22.5 Å². The average molecular weight is 213 g/mol. The van der Waals surface area contributed by atoms with E-state index in [9.17, 15) is 14.9 Å². The molecular weight excluding hydrogens is 202 g/mol. The lowest BCUT2D eigenvalue weighted by Crippen LogP contribution is -2.38. The highest BCUT2D eigenvalue weighted by Gasteiger charge is 2.35. The topological polar surface area (TPSA) is 98.3 Å². The predicted octanol–water partition coefficient (Wildman–Crippen LogP) is 1.00. The number of carbonyl (C=O) groups is 1. The molecule has 82 valence electrons. The standard InChI is InChI=1S/C8H11N3O4/c1-3-8(2,7(12)13)10-5-6(4-9-10)11(14)15/h4-5H,3H2,1-2H3,(H,12,13). The molecule has 0 spiro atoms. The van der Waals surface area contributed by atoms with Gasteiger partial charge in [0.25, 0.3) is 0 Å². The van der Waals surface area contributed by atoms with Gasteiger partial charge in [-0.25, -0.2) is 9.48 Å². The number of hydrogen-bond donors (Lipinski definition) is 1. The summed E-state index contributed by atoms with van der Waals surface area (Å²) in [6, 6.07) is 0. The van der Waals surface area contributed by atoms with Gasteiger partial charge in [-0.15, -0.1) is 0 Å². The zero-order valence-electron chi connectivity index (χ0n) is 8.38. The van der Waals surface area contributed by atoms with E-state index in [-0.39, 0.29) is 5.69 Å². The van der Waals surface area contributed by atoms with Gasteiger partial charge in [-0.2, -0.15) is 5.10 Å². The van der Waals surface area contributed by atoms with Gasteiger partial charge in [0.05, 0.1) is 4.92 Å². The molecule has 7 heteroatoms. The summed E-state index contributed by atoms with van der Waals surface area (Å²) in [6.07, 6.45) is 2.45. The van der Waals surface area contributed by atoms with Crippen LogP contribution in [0.2, 0.25) is 0 Å². The summed E-state index contributed by atoms with van der Waals surface area (Å²) < 4.78 is 1.10. The fourth-order valence-corrected chi connectivity index (χ4v) is 1.09. The minimum absolute atomic E-state index is 0.212. The molecule has 0 radical (unpaired) electrons. The first-order valence-electron chi connectivity index (χ1n) is 4.34. The summed E-state index contributed by atoms with van der Waals surface area (Å²) in [4.78, 5) is 20.8. The Morgan fingerprint density at radius 1 is 1.80 bits per heavy atom. The van der Waals surface area contributed by atoms with Gasteiger partial charge in [-0.3, -0.25) is 10.1 Å². The Kier molecular flexibility index (Phi) is 2.74. The van der Waals surface area contributed by atoms with Gasteiger partial charge in [0.15, 0.2) is 5.54 Å². The second-order valence-corrected chi connectivity index (χ2v) is 3.33. The van der Waals surface area contributed by atoms with Crippen LogP contribution in [-0.4, -0.2) is 25.8 Å². The molecule has 0 bridgehead atoms. The van der Waals surface area contributed by atoms with Crippen LogP contribution in [0.25, 0.3) is 0 Å². The quantitative estimate of drug-likeness (QED) is 0.594. The number of carboxylic acids is 1. The summed E-state index contributed by atoms with van der Waals surface area (Å²) in [5.74, 6) is -1.07. The molecule has 1 atom stereocenters. The number of nitro groups is 1. The molecular formula is C8H11N3O4. The first kappa shape index (κ1) is 11.2. The smallest absolute Gasteiger partial charge is 0.331 e. The van der Waals surface area contributed by atoms with Gasteiger partial charge in [-0.05, 0) is 13.3 Å². The van der Waals surface area contributed by atoms with Gasteiger partial charge in [0.2, 0.25) is 0 Å². The zero-order chi connectivity index (χ0) is 11.6. The molecule has 0 aliphatic heterocycles. The third-order valence-corrected chi connectivity index (χ3v) is 2.43. The van der Waals surface area contributed by atoms with Crippen molar-refractivity contribution in [2.24, 2.45) is 0 Å². The number of rotatable bonds is 4. The normalized spacial score (nSPS) is 14.5. The van der Waals surface area contributed by atoms with Crippen LogP contribution >= 0.6 is 0 Å². The molecule has 0 amide bonds. The Hall–Kier alpha value is -1.92. The van der Waals surface area contributed by atoms with E-state index in [1.165, 1.54) is 6.92 Å². The molecule has 0 saturated heterocycles. The molecule has 1 aromatic rings. The lowest BCUT2D eigenvalue weighted by Gasteiger charge is -2.22. The molecule has 0 aliphatic rings. The maximum atomic E-state index is 11.0. The maximum absolute atomic E-state index is 11.0. The van der Waals surface area contributed by atoms with Crippen molar-refractivity contribution in [3.8, 4) is 0 Å². The molecule has 1 aromatic heterocycles. The molecule has 1 unspecified atom stereocenters. The van der Waals surface area contributed by atoms with Gasteiger partial charge in [0, 0.05) is 0 Å². The summed E-state index contributed by atoms with van der Waals surface area (Å²) >= 11 is 0. The summed E-state index contributed by atoms with van der Waals surface area (Å²) in [5, 5.41) is 23.1. The van der Waals surface area contributed by atoms with E-state index < -0.39 is 16.4 Å². The van der Waals surface area contributed by atoms with Crippen LogP contribution in [-0.2, 0) is 10.3 Å². The number of aliphatic carboxylic acids is 1. The molecule has 1 N–H and O–H groups in total. The van der Waals surface area contributed by atoms with Crippen molar-refractivity contribution in [2.45, 2.75) is 25.8 Å². The van der Waals surface area contributed by atoms with Crippen molar-refractivity contribution < 1.29 is 14.8 Å². The van der Waals surface area contributed by atoms with Crippen LogP contribution in [0.15, 0.2) is 12.4 Å². The molecule has 0 aromatic carbocycles. The summed E-state index contributed by atoms with van der Waals surface area (Å²) in [5.41, 5.74) is -1.45. The van der Waals surface area contributed by atoms with E-state index in [2.05, 4.69) is 5.10 Å². The number of carboxylic acid groups (broad SMARTS) is 1. The van der Waals surface area contributed by atoms with Crippen LogP contribution < -0.4 is 0 Å². The number of aromatic nitrogens is 2. The Morgan fingerprint density at radius 3 is 2.73 bits per heavy atom. The molecule has 7 nitrogen and oxygen atoms in total. The minimum atomic E-state index is -1.24. The van der Waals surface area contributed by atoms with E-state index in [1.807, 2.05) is 0 Å². The lowest BCUT2D eigenvalue weighted by molar-refractivity contribution is -0.385. The minimum Gasteiger partial charge on any atom is -0.479 e. The first-order valence-corrected chi connectivity index (χ1v) is 4.34. The van der Waals surface area contributed by atoms with E-state index in [1.54, 1.807) is 6.92 Å². The Bertz CT molecular complexity index is 400.